The minimum atomic E-state index is -0.177. The van der Waals surface area contributed by atoms with Crippen molar-refractivity contribution in [2.45, 2.75) is 105 Å². The molecule has 0 N–H and O–H groups in total. The van der Waals surface area contributed by atoms with E-state index >= 15 is 0 Å². The van der Waals surface area contributed by atoms with E-state index in [1.807, 2.05) is 0 Å². The van der Waals surface area contributed by atoms with E-state index in [2.05, 4.69) is 391 Å². The maximum absolute atomic E-state index is 2.63. The van der Waals surface area contributed by atoms with Gasteiger partial charge < -0.3 is 28.7 Å². The number of nitrogens with zero attached hydrogens (tertiary/aromatic N) is 6. The standard InChI is InChI=1S/C94H82B2N6/c1-91(2,3)59-41-45-77-69(49-59)70-50-60(92(4,5)6)42-46-78(70)101(77)67-53-85-89-87(55-67)99(65-33-21-15-22-34-65)83-57-76-84(58-75(83)95(89)73-37-25-27-39-81(73)97(85)63-29-17-13-18-30-63)100(66-35-23-16-24-36-66)88-56-68(54-86-90(88)96(76)74-38-26-28-40-82(74)98(86)64-31-19-14-20-32-64)102-79-47-43-61(93(7,8)9)51-71(79)72-52-62(94(10,11)12)44-48-80(72)102/h13-58H,1-12H3. The predicted octanol–water partition coefficient (Wildman–Crippen LogP) is 21.2. The van der Waals surface area contributed by atoms with Gasteiger partial charge in [0.05, 0.1) is 33.4 Å². The fraction of sp³-hybridized carbons (Fsp3) is 0.170. The summed E-state index contributed by atoms with van der Waals surface area (Å²) in [5, 5.41) is 5.07. The summed E-state index contributed by atoms with van der Waals surface area (Å²) in [5.74, 6) is 0. The minimum Gasteiger partial charge on any atom is -0.311 e. The first-order valence-corrected chi connectivity index (χ1v) is 36.5. The van der Waals surface area contributed by atoms with Crippen molar-refractivity contribution < 1.29 is 0 Å². The Labute approximate surface area is 600 Å². The van der Waals surface area contributed by atoms with Crippen LogP contribution in [0.4, 0.5) is 68.2 Å². The molecular weight excluding hydrogens is 1230 g/mol. The van der Waals surface area contributed by atoms with Gasteiger partial charge in [-0.2, -0.15) is 0 Å². The summed E-state index contributed by atoms with van der Waals surface area (Å²) in [5.41, 5.74) is 33.4. The fourth-order valence-corrected chi connectivity index (χ4v) is 17.5. The van der Waals surface area contributed by atoms with Gasteiger partial charge in [-0.25, -0.2) is 0 Å². The molecule has 15 aromatic rings. The van der Waals surface area contributed by atoms with Crippen LogP contribution in [0.2, 0.25) is 0 Å². The van der Waals surface area contributed by atoms with Gasteiger partial charge in [-0.05, 0) is 222 Å². The lowest BCUT2D eigenvalue weighted by Crippen LogP contribution is -2.64. The Morgan fingerprint density at radius 1 is 0.206 bits per heavy atom. The van der Waals surface area contributed by atoms with Gasteiger partial charge in [-0.3, -0.25) is 0 Å². The highest BCUT2D eigenvalue weighted by Crippen LogP contribution is 2.51. The summed E-state index contributed by atoms with van der Waals surface area (Å²) >= 11 is 0. The normalized spacial score (nSPS) is 14.0. The van der Waals surface area contributed by atoms with Crippen molar-refractivity contribution >= 4 is 158 Å². The lowest BCUT2D eigenvalue weighted by molar-refractivity contribution is 0.590. The van der Waals surface area contributed by atoms with Gasteiger partial charge in [0, 0.05) is 89.8 Å². The number of aromatic nitrogens is 2. The Morgan fingerprint density at radius 3 is 0.716 bits per heavy atom. The van der Waals surface area contributed by atoms with Crippen molar-refractivity contribution in [2.75, 3.05) is 19.6 Å². The van der Waals surface area contributed by atoms with E-state index in [0.717, 1.165) is 56.9 Å². The Bertz CT molecular complexity index is 5450. The van der Waals surface area contributed by atoms with E-state index in [1.165, 1.54) is 121 Å². The Morgan fingerprint density at radius 2 is 0.451 bits per heavy atom. The molecule has 0 saturated heterocycles. The molecule has 8 heteroatoms. The highest BCUT2D eigenvalue weighted by atomic mass is 15.2. The molecule has 0 amide bonds. The van der Waals surface area contributed by atoms with E-state index in [0.29, 0.717) is 0 Å². The molecule has 6 nitrogen and oxygen atoms in total. The molecule has 0 atom stereocenters. The molecule has 102 heavy (non-hydrogen) atoms. The molecule has 2 aromatic heterocycles. The van der Waals surface area contributed by atoms with E-state index in [9.17, 15) is 0 Å². The molecule has 0 spiro atoms. The second-order valence-electron chi connectivity index (χ2n) is 33.0. The molecule has 0 fully saturated rings. The van der Waals surface area contributed by atoms with Crippen LogP contribution in [0, 0.1) is 0 Å². The predicted molar refractivity (Wildman–Crippen MR) is 438 cm³/mol. The molecule has 0 unspecified atom stereocenters. The summed E-state index contributed by atoms with van der Waals surface area (Å²) in [6.07, 6.45) is 0. The number of para-hydroxylation sites is 6. The molecule has 494 valence electrons. The molecule has 0 aliphatic carbocycles. The van der Waals surface area contributed by atoms with Crippen LogP contribution in [0.15, 0.2) is 279 Å². The first-order chi connectivity index (χ1) is 49.2. The van der Waals surface area contributed by atoms with Gasteiger partial charge in [0.2, 0.25) is 0 Å². The van der Waals surface area contributed by atoms with Crippen LogP contribution in [0.1, 0.15) is 105 Å². The summed E-state index contributed by atoms with van der Waals surface area (Å²) in [6.45, 7) is 27.6. The van der Waals surface area contributed by atoms with Crippen LogP contribution in [0.25, 0.3) is 55.0 Å². The molecular formula is C94H82B2N6. The Kier molecular flexibility index (Phi) is 13.4. The number of benzene rings is 13. The summed E-state index contributed by atoms with van der Waals surface area (Å²) in [4.78, 5) is 10.4. The number of rotatable bonds is 6. The van der Waals surface area contributed by atoms with Crippen molar-refractivity contribution in [3.8, 4) is 11.4 Å². The maximum Gasteiger partial charge on any atom is 0.252 e. The first-order valence-electron chi connectivity index (χ1n) is 36.5. The zero-order valence-corrected chi connectivity index (χ0v) is 60.4. The van der Waals surface area contributed by atoms with Crippen LogP contribution >= 0.6 is 0 Å². The number of anilines is 12. The number of hydrogen-bond donors (Lipinski definition) is 0. The van der Waals surface area contributed by atoms with Crippen molar-refractivity contribution in [1.82, 2.24) is 9.13 Å². The molecule has 0 saturated carbocycles. The summed E-state index contributed by atoms with van der Waals surface area (Å²) in [6, 6.07) is 107. The van der Waals surface area contributed by atoms with E-state index < -0.39 is 0 Å². The second-order valence-corrected chi connectivity index (χ2v) is 33.0. The molecule has 6 heterocycles. The van der Waals surface area contributed by atoms with Crippen molar-refractivity contribution in [2.24, 2.45) is 0 Å². The zero-order valence-electron chi connectivity index (χ0n) is 60.4. The summed E-state index contributed by atoms with van der Waals surface area (Å²) in [7, 11) is 0. The lowest BCUT2D eigenvalue weighted by Gasteiger charge is -2.47. The van der Waals surface area contributed by atoms with E-state index in [-0.39, 0.29) is 35.1 Å². The van der Waals surface area contributed by atoms with Gasteiger partial charge in [0.25, 0.3) is 13.4 Å². The second kappa shape index (κ2) is 22.1. The van der Waals surface area contributed by atoms with Gasteiger partial charge in [0.15, 0.2) is 0 Å². The molecule has 4 aliphatic heterocycles. The first kappa shape index (κ1) is 61.8. The van der Waals surface area contributed by atoms with E-state index in [1.54, 1.807) is 0 Å². The van der Waals surface area contributed by atoms with Crippen molar-refractivity contribution in [1.29, 1.82) is 0 Å². The molecule has 0 radical (unpaired) electrons. The highest BCUT2D eigenvalue weighted by molar-refractivity contribution is 7.02. The zero-order chi connectivity index (χ0) is 69.6. The van der Waals surface area contributed by atoms with Gasteiger partial charge in [0.1, 0.15) is 0 Å². The van der Waals surface area contributed by atoms with Gasteiger partial charge in [-0.1, -0.05) is 217 Å². The third-order valence-electron chi connectivity index (χ3n) is 22.6. The lowest BCUT2D eigenvalue weighted by atomic mass is 9.31. The van der Waals surface area contributed by atoms with Crippen LogP contribution < -0.4 is 52.4 Å². The monoisotopic (exact) mass is 1320 g/mol. The molecule has 13 aromatic carbocycles. The highest BCUT2D eigenvalue weighted by Gasteiger charge is 2.49. The average molecular weight is 1320 g/mol. The SMILES string of the molecule is CC(C)(C)c1ccc2c(c1)c1cc(C(C)(C)C)ccc1n2-c1cc2c3c(c1)N(c1ccccc1)c1cc4c(cc1B3c1ccccc1N2c1ccccc1)N(c1ccccc1)c1cc(-n2c3ccc(C(C)(C)C)cc3c3cc(C(C)(C)C)ccc32)cc2c1B4c1ccccc1N2c1ccccc1. The van der Waals surface area contributed by atoms with E-state index in [4.69, 9.17) is 0 Å². The van der Waals surface area contributed by atoms with Gasteiger partial charge >= 0.3 is 0 Å². The van der Waals surface area contributed by atoms with Gasteiger partial charge in [-0.15, -0.1) is 0 Å². The van der Waals surface area contributed by atoms with Crippen LogP contribution in [0.3, 0.4) is 0 Å². The third kappa shape index (κ3) is 9.33. The smallest absolute Gasteiger partial charge is 0.252 e. The van der Waals surface area contributed by atoms with Crippen molar-refractivity contribution in [3.63, 3.8) is 0 Å². The molecule has 0 bridgehead atoms. The fourth-order valence-electron chi connectivity index (χ4n) is 17.5. The maximum atomic E-state index is 2.63. The van der Waals surface area contributed by atoms with Crippen molar-refractivity contribution in [3.05, 3.63) is 301 Å². The number of hydrogen-bond acceptors (Lipinski definition) is 4. The van der Waals surface area contributed by atoms with Crippen LogP contribution in [-0.4, -0.2) is 22.6 Å². The quantitative estimate of drug-likeness (QED) is 0.155. The molecule has 19 rings (SSSR count). The third-order valence-corrected chi connectivity index (χ3v) is 22.6. The minimum absolute atomic E-state index is 0.0469. The average Bonchev–Trinajstić information content (AvgIpc) is 0.725. The van der Waals surface area contributed by atoms with Crippen LogP contribution in [0.5, 0.6) is 0 Å². The topological polar surface area (TPSA) is 22.8 Å². The van der Waals surface area contributed by atoms with Crippen LogP contribution in [-0.2, 0) is 21.7 Å². The molecule has 4 aliphatic rings. The number of fused-ring (bicyclic) bond motifs is 14. The largest absolute Gasteiger partial charge is 0.311 e. The Balaban J connectivity index is 0.930. The Hall–Kier alpha value is -11.2. The summed E-state index contributed by atoms with van der Waals surface area (Å²) < 4.78 is 5.14.